The molecule has 19 heavy (non-hydrogen) atoms. The summed E-state index contributed by atoms with van der Waals surface area (Å²) in [6, 6.07) is 3.61. The Hall–Kier alpha value is -2.11. The Bertz CT molecular complexity index is 683. The molecule has 1 atom stereocenters. The van der Waals surface area contributed by atoms with Crippen LogP contribution in [0.15, 0.2) is 23.1 Å². The van der Waals surface area contributed by atoms with Crippen LogP contribution in [0, 0.1) is 5.92 Å². The zero-order valence-electron chi connectivity index (χ0n) is 11.0. The summed E-state index contributed by atoms with van der Waals surface area (Å²) in [5.74, 6) is 0.513. The lowest BCUT2D eigenvalue weighted by Crippen LogP contribution is -2.36. The lowest BCUT2D eigenvalue weighted by Gasteiger charge is -2.24. The molecule has 0 bridgehead atoms. The van der Waals surface area contributed by atoms with Crippen molar-refractivity contribution < 1.29 is 4.79 Å². The number of amides is 1. The maximum atomic E-state index is 12.5. The number of H-pyrrole nitrogens is 1. The molecule has 0 radical (unpaired) electrons. The summed E-state index contributed by atoms with van der Waals surface area (Å²) in [6.45, 7) is 2.06. The molecule has 1 aliphatic rings. The van der Waals surface area contributed by atoms with Gasteiger partial charge in [0.2, 0.25) is 0 Å². The Labute approximate surface area is 110 Å². The molecule has 0 aromatic carbocycles. The Morgan fingerprint density at radius 2 is 2.32 bits per heavy atom. The fourth-order valence-electron chi connectivity index (χ4n) is 2.37. The van der Waals surface area contributed by atoms with Crippen molar-refractivity contribution in [3.8, 4) is 0 Å². The van der Waals surface area contributed by atoms with E-state index >= 15 is 0 Å². The molecule has 1 N–H and O–H groups in total. The highest BCUT2D eigenvalue weighted by atomic mass is 16.2. The molecular weight excluding hydrogens is 244 g/mol. The van der Waals surface area contributed by atoms with Crippen molar-refractivity contribution in [2.24, 2.45) is 5.92 Å². The van der Waals surface area contributed by atoms with Gasteiger partial charge in [0.15, 0.2) is 5.65 Å². The number of carbonyl (C=O) groups excluding carboxylic acids is 1. The number of aromatic amines is 1. The zero-order valence-corrected chi connectivity index (χ0v) is 11.0. The molecule has 100 valence electrons. The number of hydrogen-bond donors (Lipinski definition) is 1. The number of fused-ring (bicyclic) bond motifs is 1. The lowest BCUT2D eigenvalue weighted by molar-refractivity contribution is 0.0728. The minimum absolute atomic E-state index is 0.0935. The van der Waals surface area contributed by atoms with E-state index in [1.165, 1.54) is 17.2 Å². The Kier molecular flexibility index (Phi) is 2.66. The van der Waals surface area contributed by atoms with Crippen molar-refractivity contribution >= 4 is 11.6 Å². The molecule has 0 aliphatic heterocycles. The molecule has 0 spiro atoms. The van der Waals surface area contributed by atoms with Crippen molar-refractivity contribution in [2.45, 2.75) is 25.8 Å². The van der Waals surface area contributed by atoms with Crippen molar-refractivity contribution in [3.63, 3.8) is 0 Å². The van der Waals surface area contributed by atoms with E-state index in [0.29, 0.717) is 17.1 Å². The van der Waals surface area contributed by atoms with Crippen LogP contribution in [0.5, 0.6) is 0 Å². The SMILES string of the molecule is CC(C1CC1)N(C)C(=O)c1cccn2c(=O)[nH]nc12. The van der Waals surface area contributed by atoms with Crippen molar-refractivity contribution in [3.05, 3.63) is 34.4 Å². The maximum absolute atomic E-state index is 12.5. The molecule has 2 aromatic rings. The smallest absolute Gasteiger partial charge is 0.339 e. The first-order valence-electron chi connectivity index (χ1n) is 6.42. The summed E-state index contributed by atoms with van der Waals surface area (Å²) in [5, 5.41) is 6.28. The zero-order chi connectivity index (χ0) is 13.6. The van der Waals surface area contributed by atoms with Crippen LogP contribution in [0.4, 0.5) is 0 Å². The van der Waals surface area contributed by atoms with Crippen LogP contribution in [-0.4, -0.2) is 38.5 Å². The van der Waals surface area contributed by atoms with Gasteiger partial charge in [-0.25, -0.2) is 14.3 Å². The van der Waals surface area contributed by atoms with Crippen LogP contribution in [-0.2, 0) is 0 Å². The van der Waals surface area contributed by atoms with Gasteiger partial charge < -0.3 is 4.90 Å². The largest absolute Gasteiger partial charge is 0.347 e. The fourth-order valence-corrected chi connectivity index (χ4v) is 2.37. The maximum Gasteiger partial charge on any atom is 0.347 e. The van der Waals surface area contributed by atoms with Crippen molar-refractivity contribution in [1.82, 2.24) is 19.5 Å². The van der Waals surface area contributed by atoms with Crippen LogP contribution in [0.1, 0.15) is 30.1 Å². The van der Waals surface area contributed by atoms with Gasteiger partial charge in [0.05, 0.1) is 5.56 Å². The average Bonchev–Trinajstić information content (AvgIpc) is 3.21. The van der Waals surface area contributed by atoms with Gasteiger partial charge in [0.1, 0.15) is 0 Å². The normalized spacial score (nSPS) is 16.5. The quantitative estimate of drug-likeness (QED) is 0.891. The van der Waals surface area contributed by atoms with Gasteiger partial charge in [-0.3, -0.25) is 4.79 Å². The summed E-state index contributed by atoms with van der Waals surface area (Å²) in [7, 11) is 1.81. The predicted molar refractivity (Wildman–Crippen MR) is 70.1 cm³/mol. The van der Waals surface area contributed by atoms with E-state index in [4.69, 9.17) is 0 Å². The van der Waals surface area contributed by atoms with E-state index < -0.39 is 0 Å². The Balaban J connectivity index is 1.99. The first-order chi connectivity index (χ1) is 9.09. The molecule has 3 rings (SSSR count). The second kappa shape index (κ2) is 4.22. The number of hydrogen-bond acceptors (Lipinski definition) is 3. The van der Waals surface area contributed by atoms with Crippen LogP contribution in [0.3, 0.4) is 0 Å². The minimum Gasteiger partial charge on any atom is -0.339 e. The van der Waals surface area contributed by atoms with E-state index in [1.807, 2.05) is 0 Å². The van der Waals surface area contributed by atoms with Gasteiger partial charge in [0.25, 0.3) is 5.91 Å². The van der Waals surface area contributed by atoms with Crippen molar-refractivity contribution in [2.75, 3.05) is 7.05 Å². The highest BCUT2D eigenvalue weighted by molar-refractivity contribution is 5.99. The minimum atomic E-state index is -0.331. The highest BCUT2D eigenvalue weighted by Crippen LogP contribution is 2.35. The predicted octanol–water partition coefficient (Wildman–Crippen LogP) is 0.893. The summed E-state index contributed by atoms with van der Waals surface area (Å²) in [4.78, 5) is 25.7. The van der Waals surface area contributed by atoms with E-state index in [-0.39, 0.29) is 17.6 Å². The van der Waals surface area contributed by atoms with Crippen LogP contribution < -0.4 is 5.69 Å². The first kappa shape index (κ1) is 12.0. The summed E-state index contributed by atoms with van der Waals surface area (Å²) >= 11 is 0. The molecule has 2 heterocycles. The van der Waals surface area contributed by atoms with Gasteiger partial charge in [-0.05, 0) is 37.8 Å². The Morgan fingerprint density at radius 3 is 3.00 bits per heavy atom. The van der Waals surface area contributed by atoms with Gasteiger partial charge in [-0.2, -0.15) is 5.10 Å². The third kappa shape index (κ3) is 1.93. The number of nitrogens with one attached hydrogen (secondary N) is 1. The number of aromatic nitrogens is 3. The average molecular weight is 260 g/mol. The molecule has 1 saturated carbocycles. The van der Waals surface area contributed by atoms with Gasteiger partial charge in [-0.15, -0.1) is 0 Å². The first-order valence-corrected chi connectivity index (χ1v) is 6.42. The second-order valence-corrected chi connectivity index (χ2v) is 5.14. The van der Waals surface area contributed by atoms with Crippen LogP contribution in [0.25, 0.3) is 5.65 Å². The molecule has 1 amide bonds. The van der Waals surface area contributed by atoms with E-state index in [1.54, 1.807) is 30.3 Å². The number of rotatable bonds is 3. The molecule has 1 fully saturated rings. The summed E-state index contributed by atoms with van der Waals surface area (Å²) in [6.07, 6.45) is 3.97. The highest BCUT2D eigenvalue weighted by Gasteiger charge is 2.33. The monoisotopic (exact) mass is 260 g/mol. The third-order valence-corrected chi connectivity index (χ3v) is 3.91. The number of carbonyl (C=O) groups is 1. The molecule has 1 aliphatic carbocycles. The van der Waals surface area contributed by atoms with E-state index in [0.717, 1.165) is 0 Å². The van der Waals surface area contributed by atoms with E-state index in [9.17, 15) is 9.59 Å². The van der Waals surface area contributed by atoms with Gasteiger partial charge in [-0.1, -0.05) is 0 Å². The molecule has 0 saturated heterocycles. The summed E-state index contributed by atoms with van der Waals surface area (Å²) in [5.41, 5.74) is 0.505. The lowest BCUT2D eigenvalue weighted by atomic mass is 10.1. The molecule has 1 unspecified atom stereocenters. The molecular formula is C13H16N4O2. The van der Waals surface area contributed by atoms with Gasteiger partial charge in [0, 0.05) is 19.3 Å². The van der Waals surface area contributed by atoms with Gasteiger partial charge >= 0.3 is 5.69 Å². The molecule has 6 nitrogen and oxygen atoms in total. The van der Waals surface area contributed by atoms with Crippen molar-refractivity contribution in [1.29, 1.82) is 0 Å². The standard InChI is InChI=1S/C13H16N4O2/c1-8(9-5-6-9)16(2)12(18)10-4-3-7-17-11(10)14-15-13(17)19/h3-4,7-9H,5-6H2,1-2H3,(H,15,19). The van der Waals surface area contributed by atoms with Crippen LogP contribution >= 0.6 is 0 Å². The molecule has 2 aromatic heterocycles. The number of nitrogens with zero attached hydrogens (tertiary/aromatic N) is 3. The van der Waals surface area contributed by atoms with E-state index in [2.05, 4.69) is 17.1 Å². The second-order valence-electron chi connectivity index (χ2n) is 5.14. The summed E-state index contributed by atoms with van der Waals surface area (Å²) < 4.78 is 1.35. The Morgan fingerprint density at radius 1 is 1.58 bits per heavy atom. The fraction of sp³-hybridized carbons (Fsp3) is 0.462. The third-order valence-electron chi connectivity index (χ3n) is 3.91. The molecule has 6 heteroatoms. The number of pyridine rings is 1. The topological polar surface area (TPSA) is 70.5 Å². The van der Waals surface area contributed by atoms with Crippen LogP contribution in [0.2, 0.25) is 0 Å².